The fourth-order valence-corrected chi connectivity index (χ4v) is 2.55. The summed E-state index contributed by atoms with van der Waals surface area (Å²) in [6.45, 7) is 1.87. The Morgan fingerprint density at radius 2 is 1.71 bits per heavy atom. The topological polar surface area (TPSA) is 61.5 Å². The van der Waals surface area contributed by atoms with Gasteiger partial charge in [0, 0.05) is 21.3 Å². The Kier molecular flexibility index (Phi) is 4.53. The van der Waals surface area contributed by atoms with Crippen molar-refractivity contribution in [1.29, 1.82) is 0 Å². The normalized spacial score (nSPS) is 10.3. The van der Waals surface area contributed by atoms with Gasteiger partial charge in [0.2, 0.25) is 0 Å². The summed E-state index contributed by atoms with van der Waals surface area (Å²) in [4.78, 5) is 12.7. The van der Waals surface area contributed by atoms with Gasteiger partial charge >= 0.3 is 0 Å². The van der Waals surface area contributed by atoms with Crippen molar-refractivity contribution < 1.29 is 14.3 Å². The Bertz CT molecular complexity index is 698. The zero-order chi connectivity index (χ0) is 15.6. The van der Waals surface area contributed by atoms with E-state index in [1.54, 1.807) is 25.3 Å². The Labute approximate surface area is 132 Å². The highest BCUT2D eigenvalue weighted by molar-refractivity contribution is 9.10. The first-order valence-corrected chi connectivity index (χ1v) is 7.10. The number of ketones is 1. The number of benzene rings is 2. The van der Waals surface area contributed by atoms with E-state index >= 15 is 0 Å². The van der Waals surface area contributed by atoms with Crippen LogP contribution in [-0.4, -0.2) is 20.0 Å². The molecular weight excluding hydrogens is 334 g/mol. The number of hydrogen-bond donors (Lipinski definition) is 1. The highest BCUT2D eigenvalue weighted by Gasteiger charge is 2.19. The molecule has 0 aliphatic heterocycles. The lowest BCUT2D eigenvalue weighted by molar-refractivity contribution is 0.103. The number of hydrogen-bond acceptors (Lipinski definition) is 4. The number of rotatable bonds is 4. The summed E-state index contributed by atoms with van der Waals surface area (Å²) in [6, 6.07) is 8.75. The molecule has 0 saturated heterocycles. The Balaban J connectivity index is 2.56. The lowest BCUT2D eigenvalue weighted by atomic mass is 9.99. The van der Waals surface area contributed by atoms with Crippen molar-refractivity contribution in [3.63, 3.8) is 0 Å². The predicted molar refractivity (Wildman–Crippen MR) is 86.3 cm³/mol. The number of aryl methyl sites for hydroxylation is 1. The average molecular weight is 350 g/mol. The second-order valence-corrected chi connectivity index (χ2v) is 5.41. The van der Waals surface area contributed by atoms with Gasteiger partial charge in [-0.25, -0.2) is 0 Å². The molecule has 0 heterocycles. The third kappa shape index (κ3) is 2.88. The number of halogens is 1. The summed E-state index contributed by atoms with van der Waals surface area (Å²) in [6.07, 6.45) is 0. The van der Waals surface area contributed by atoms with E-state index in [1.165, 1.54) is 7.11 Å². The van der Waals surface area contributed by atoms with Gasteiger partial charge in [0.25, 0.3) is 0 Å². The minimum absolute atomic E-state index is 0.163. The maximum atomic E-state index is 12.7. The maximum Gasteiger partial charge on any atom is 0.196 e. The van der Waals surface area contributed by atoms with Crippen LogP contribution in [0.5, 0.6) is 11.5 Å². The maximum absolute atomic E-state index is 12.7. The third-order valence-electron chi connectivity index (χ3n) is 3.29. The van der Waals surface area contributed by atoms with Gasteiger partial charge in [0.1, 0.15) is 0 Å². The van der Waals surface area contributed by atoms with Gasteiger partial charge in [-0.15, -0.1) is 0 Å². The molecule has 5 heteroatoms. The van der Waals surface area contributed by atoms with E-state index in [4.69, 9.17) is 15.2 Å². The van der Waals surface area contributed by atoms with Gasteiger partial charge in [0.15, 0.2) is 17.3 Å². The second-order valence-electron chi connectivity index (χ2n) is 4.55. The van der Waals surface area contributed by atoms with Crippen LogP contribution in [0.25, 0.3) is 0 Å². The summed E-state index contributed by atoms with van der Waals surface area (Å²) in [7, 11) is 3.07. The van der Waals surface area contributed by atoms with Crippen molar-refractivity contribution in [2.75, 3.05) is 20.0 Å². The number of carbonyl (C=O) groups excluding carboxylic acids is 1. The molecule has 2 aromatic rings. The van der Waals surface area contributed by atoms with Crippen LogP contribution in [0.1, 0.15) is 21.5 Å². The van der Waals surface area contributed by atoms with Crippen LogP contribution >= 0.6 is 15.9 Å². The van der Waals surface area contributed by atoms with Crippen LogP contribution in [0.3, 0.4) is 0 Å². The molecule has 0 aromatic heterocycles. The smallest absolute Gasteiger partial charge is 0.196 e. The highest BCUT2D eigenvalue weighted by atomic mass is 79.9. The van der Waals surface area contributed by atoms with Gasteiger partial charge in [-0.1, -0.05) is 12.1 Å². The van der Waals surface area contributed by atoms with Crippen molar-refractivity contribution in [3.05, 3.63) is 51.5 Å². The Morgan fingerprint density at radius 1 is 1.10 bits per heavy atom. The molecule has 2 aromatic carbocycles. The second kappa shape index (κ2) is 6.18. The van der Waals surface area contributed by atoms with E-state index in [-0.39, 0.29) is 5.78 Å². The van der Waals surface area contributed by atoms with Gasteiger partial charge in [-0.3, -0.25) is 4.79 Å². The standard InChI is InChI=1S/C16H16BrNO3/c1-9-5-4-6-10(15(9)18)16(19)11-7-13(20-2)14(21-3)8-12(11)17/h4-8H,18H2,1-3H3. The van der Waals surface area contributed by atoms with Crippen molar-refractivity contribution in [2.24, 2.45) is 0 Å². The summed E-state index contributed by atoms with van der Waals surface area (Å²) in [5, 5.41) is 0. The molecule has 2 N–H and O–H groups in total. The average Bonchev–Trinajstić information content (AvgIpc) is 2.49. The van der Waals surface area contributed by atoms with Gasteiger partial charge in [0.05, 0.1) is 14.2 Å². The molecule has 0 aliphatic carbocycles. The van der Waals surface area contributed by atoms with Crippen LogP contribution in [0.15, 0.2) is 34.8 Å². The molecule has 0 saturated carbocycles. The number of para-hydroxylation sites is 1. The lowest BCUT2D eigenvalue weighted by Gasteiger charge is -2.12. The van der Waals surface area contributed by atoms with Crippen LogP contribution in [0, 0.1) is 6.92 Å². The van der Waals surface area contributed by atoms with E-state index in [1.807, 2.05) is 19.1 Å². The summed E-state index contributed by atoms with van der Waals surface area (Å²) in [5.41, 5.74) is 8.32. The quantitative estimate of drug-likeness (QED) is 0.676. The molecule has 2 rings (SSSR count). The minimum Gasteiger partial charge on any atom is -0.493 e. The number of carbonyl (C=O) groups is 1. The molecule has 0 atom stereocenters. The lowest BCUT2D eigenvalue weighted by Crippen LogP contribution is -2.08. The SMILES string of the molecule is COc1cc(Br)c(C(=O)c2cccc(C)c2N)cc1OC. The van der Waals surface area contributed by atoms with Gasteiger partial charge < -0.3 is 15.2 Å². The van der Waals surface area contributed by atoms with Crippen LogP contribution < -0.4 is 15.2 Å². The van der Waals surface area contributed by atoms with E-state index in [9.17, 15) is 4.79 Å². The molecule has 0 amide bonds. The van der Waals surface area contributed by atoms with E-state index in [0.29, 0.717) is 32.8 Å². The first kappa shape index (κ1) is 15.4. The zero-order valence-electron chi connectivity index (χ0n) is 12.1. The molecule has 0 fully saturated rings. The molecule has 0 bridgehead atoms. The van der Waals surface area contributed by atoms with E-state index in [2.05, 4.69) is 15.9 Å². The van der Waals surface area contributed by atoms with Crippen LogP contribution in [-0.2, 0) is 0 Å². The number of ether oxygens (including phenoxy) is 2. The fourth-order valence-electron chi connectivity index (χ4n) is 2.05. The minimum atomic E-state index is -0.163. The van der Waals surface area contributed by atoms with Crippen molar-refractivity contribution in [1.82, 2.24) is 0 Å². The molecule has 0 unspecified atom stereocenters. The first-order chi connectivity index (χ1) is 9.99. The summed E-state index contributed by atoms with van der Waals surface area (Å²) < 4.78 is 11.1. The molecule has 110 valence electrons. The third-order valence-corrected chi connectivity index (χ3v) is 3.94. The molecule has 21 heavy (non-hydrogen) atoms. The van der Waals surface area contributed by atoms with Gasteiger partial charge in [-0.05, 0) is 46.6 Å². The number of anilines is 1. The zero-order valence-corrected chi connectivity index (χ0v) is 13.7. The molecule has 0 spiro atoms. The molecular formula is C16H16BrNO3. The Morgan fingerprint density at radius 3 is 2.33 bits per heavy atom. The van der Waals surface area contributed by atoms with Gasteiger partial charge in [-0.2, -0.15) is 0 Å². The van der Waals surface area contributed by atoms with Crippen molar-refractivity contribution >= 4 is 27.4 Å². The highest BCUT2D eigenvalue weighted by Crippen LogP contribution is 2.35. The first-order valence-electron chi connectivity index (χ1n) is 6.31. The Hall–Kier alpha value is -2.01. The predicted octanol–water partition coefficient (Wildman–Crippen LogP) is 3.59. The fraction of sp³-hybridized carbons (Fsp3) is 0.188. The summed E-state index contributed by atoms with van der Waals surface area (Å²) in [5.74, 6) is 0.887. The monoisotopic (exact) mass is 349 g/mol. The van der Waals surface area contributed by atoms with E-state index in [0.717, 1.165) is 5.56 Å². The molecule has 4 nitrogen and oxygen atoms in total. The van der Waals surface area contributed by atoms with Crippen LogP contribution in [0.4, 0.5) is 5.69 Å². The number of methoxy groups -OCH3 is 2. The number of nitrogens with two attached hydrogens (primary N) is 1. The van der Waals surface area contributed by atoms with Crippen molar-refractivity contribution in [3.8, 4) is 11.5 Å². The molecule has 0 radical (unpaired) electrons. The van der Waals surface area contributed by atoms with E-state index < -0.39 is 0 Å². The van der Waals surface area contributed by atoms with Crippen LogP contribution in [0.2, 0.25) is 0 Å². The number of nitrogen functional groups attached to an aromatic ring is 1. The summed E-state index contributed by atoms with van der Waals surface area (Å²) >= 11 is 3.40. The largest absolute Gasteiger partial charge is 0.493 e. The van der Waals surface area contributed by atoms with Crippen molar-refractivity contribution in [2.45, 2.75) is 6.92 Å². The molecule has 0 aliphatic rings.